The van der Waals surface area contributed by atoms with Crippen LogP contribution in [0.5, 0.6) is 11.5 Å². The number of aromatic nitrogens is 1. The van der Waals surface area contributed by atoms with Gasteiger partial charge >= 0.3 is 0 Å². The molecule has 0 aliphatic carbocycles. The number of anilines is 3. The third-order valence-electron chi connectivity index (χ3n) is 5.74. The molecule has 0 saturated carbocycles. The van der Waals surface area contributed by atoms with Gasteiger partial charge in [-0.2, -0.15) is 0 Å². The van der Waals surface area contributed by atoms with E-state index in [1.807, 2.05) is 72.8 Å². The van der Waals surface area contributed by atoms with E-state index in [0.29, 0.717) is 56.3 Å². The molecule has 202 valence electrons. The zero-order valence-electron chi connectivity index (χ0n) is 21.0. The van der Waals surface area contributed by atoms with E-state index in [4.69, 9.17) is 56.1 Å². The van der Waals surface area contributed by atoms with E-state index < -0.39 is 0 Å². The Kier molecular flexibility index (Phi) is 9.14. The third kappa shape index (κ3) is 7.29. The number of nitrogens with zero attached hydrogens (tertiary/aromatic N) is 2. The van der Waals surface area contributed by atoms with Crippen LogP contribution >= 0.6 is 46.4 Å². The summed E-state index contributed by atoms with van der Waals surface area (Å²) >= 11 is 24.8. The van der Waals surface area contributed by atoms with Gasteiger partial charge < -0.3 is 20.7 Å². The molecule has 10 heteroatoms. The van der Waals surface area contributed by atoms with Gasteiger partial charge in [0.2, 0.25) is 0 Å². The molecule has 0 radical (unpaired) electrons. The number of aliphatic imine (C=N–C) groups is 1. The Labute approximate surface area is 251 Å². The molecule has 0 spiro atoms. The van der Waals surface area contributed by atoms with E-state index in [1.54, 1.807) is 24.4 Å². The van der Waals surface area contributed by atoms with Gasteiger partial charge in [-0.05, 0) is 66.7 Å². The van der Waals surface area contributed by atoms with Crippen molar-refractivity contribution in [3.8, 4) is 11.5 Å². The van der Waals surface area contributed by atoms with Gasteiger partial charge in [0, 0.05) is 50.6 Å². The minimum Gasteiger partial charge on any atom is -0.454 e. The van der Waals surface area contributed by atoms with E-state index in [0.717, 1.165) is 22.3 Å². The molecule has 5 aromatic rings. The van der Waals surface area contributed by atoms with Crippen LogP contribution in [0.3, 0.4) is 0 Å². The zero-order chi connectivity index (χ0) is 27.9. The fourth-order valence-corrected chi connectivity index (χ4v) is 4.58. The number of hydrogen-bond acceptors (Lipinski definition) is 4. The average Bonchev–Trinajstić information content (AvgIpc) is 2.94. The molecule has 0 aliphatic heterocycles. The summed E-state index contributed by atoms with van der Waals surface area (Å²) < 4.78 is 6.11. The lowest BCUT2D eigenvalue weighted by molar-refractivity contribution is 0.485. The highest BCUT2D eigenvalue weighted by Gasteiger charge is 2.11. The maximum Gasteiger partial charge on any atom is 0.200 e. The Morgan fingerprint density at radius 1 is 0.725 bits per heavy atom. The predicted molar refractivity (Wildman–Crippen MR) is 169 cm³/mol. The number of hydrogen-bond donors (Lipinski definition) is 3. The summed E-state index contributed by atoms with van der Waals surface area (Å²) in [6, 6.07) is 27.5. The van der Waals surface area contributed by atoms with Crippen LogP contribution in [0, 0.1) is 0 Å². The average molecular weight is 611 g/mol. The smallest absolute Gasteiger partial charge is 0.200 e. The molecule has 0 atom stereocenters. The summed E-state index contributed by atoms with van der Waals surface area (Å²) in [5.74, 6) is 1.50. The summed E-state index contributed by atoms with van der Waals surface area (Å²) in [7, 11) is 0. The van der Waals surface area contributed by atoms with Crippen molar-refractivity contribution >= 4 is 80.3 Å². The molecule has 1 aromatic heterocycles. The van der Waals surface area contributed by atoms with Crippen LogP contribution < -0.4 is 20.7 Å². The lowest BCUT2D eigenvalue weighted by Gasteiger charge is -2.17. The number of benzene rings is 4. The molecule has 0 amide bonds. The quantitative estimate of drug-likeness (QED) is 0.0926. The number of nitrogens with one attached hydrogen (secondary N) is 3. The van der Waals surface area contributed by atoms with Crippen LogP contribution in [-0.4, -0.2) is 24.0 Å². The van der Waals surface area contributed by atoms with Crippen molar-refractivity contribution < 1.29 is 4.74 Å². The fourth-order valence-electron chi connectivity index (χ4n) is 3.91. The molecule has 4 aromatic carbocycles. The first-order valence-corrected chi connectivity index (χ1v) is 13.8. The number of fused-ring (bicyclic) bond motifs is 1. The molecule has 0 bridgehead atoms. The van der Waals surface area contributed by atoms with E-state index in [-0.39, 0.29) is 0 Å². The first-order chi connectivity index (χ1) is 19.4. The second-order valence-electron chi connectivity index (χ2n) is 8.61. The Bertz CT molecular complexity index is 1680. The summed E-state index contributed by atoms with van der Waals surface area (Å²) in [5.41, 5.74) is 3.23. The second kappa shape index (κ2) is 13.1. The normalized spacial score (nSPS) is 11.3. The highest BCUT2D eigenvalue weighted by molar-refractivity contribution is 6.34. The molecule has 0 fully saturated rings. The number of guanidine groups is 1. The lowest BCUT2D eigenvalue weighted by Crippen LogP contribution is -2.23. The van der Waals surface area contributed by atoms with Gasteiger partial charge in [-0.25, -0.2) is 0 Å². The second-order valence-corrected chi connectivity index (χ2v) is 10.3. The van der Waals surface area contributed by atoms with Crippen molar-refractivity contribution in [2.24, 2.45) is 4.99 Å². The number of halogens is 4. The van der Waals surface area contributed by atoms with Gasteiger partial charge in [0.1, 0.15) is 5.75 Å². The minimum absolute atomic E-state index is 0.444. The monoisotopic (exact) mass is 609 g/mol. The van der Waals surface area contributed by atoms with Gasteiger partial charge in [0.15, 0.2) is 11.7 Å². The number of para-hydroxylation sites is 2. The molecule has 40 heavy (non-hydrogen) atoms. The molecule has 0 saturated heterocycles. The first kappa shape index (κ1) is 27.9. The maximum absolute atomic E-state index is 6.34. The number of ether oxygens (including phenoxy) is 1. The standard InChI is InChI=1S/C30H23Cl4N5O/c31-19-4-3-5-22(16-19)38-30(37-15-14-36-25-12-13-35-27-17-20(32)8-10-23(25)27)39-26-6-1-2-7-28(26)40-29-18-21(33)9-11-24(29)34/h1-13,16-18H,14-15H2,(H,35,36)(H2,37,38,39). The topological polar surface area (TPSA) is 70.6 Å². The maximum atomic E-state index is 6.34. The largest absolute Gasteiger partial charge is 0.454 e. The van der Waals surface area contributed by atoms with Gasteiger partial charge in [-0.15, -0.1) is 0 Å². The van der Waals surface area contributed by atoms with Gasteiger partial charge in [0.25, 0.3) is 0 Å². The van der Waals surface area contributed by atoms with Crippen LogP contribution in [-0.2, 0) is 0 Å². The molecule has 5 rings (SSSR count). The van der Waals surface area contributed by atoms with Crippen molar-refractivity contribution in [1.29, 1.82) is 0 Å². The molecule has 0 unspecified atom stereocenters. The Hall–Kier alpha value is -3.68. The molecule has 1 heterocycles. The van der Waals surface area contributed by atoms with Crippen LogP contribution in [0.1, 0.15) is 0 Å². The zero-order valence-corrected chi connectivity index (χ0v) is 24.0. The first-order valence-electron chi connectivity index (χ1n) is 12.3. The molecule has 3 N–H and O–H groups in total. The van der Waals surface area contributed by atoms with Crippen molar-refractivity contribution in [3.05, 3.63) is 117 Å². The van der Waals surface area contributed by atoms with E-state index in [9.17, 15) is 0 Å². The highest BCUT2D eigenvalue weighted by atomic mass is 35.5. The van der Waals surface area contributed by atoms with Crippen LogP contribution in [0.15, 0.2) is 102 Å². The molecule has 0 aliphatic rings. The Balaban J connectivity index is 1.36. The summed E-state index contributed by atoms with van der Waals surface area (Å²) in [4.78, 5) is 9.18. The van der Waals surface area contributed by atoms with Gasteiger partial charge in [-0.3, -0.25) is 9.98 Å². The van der Waals surface area contributed by atoms with Crippen molar-refractivity contribution in [1.82, 2.24) is 4.98 Å². The van der Waals surface area contributed by atoms with Crippen LogP contribution in [0.25, 0.3) is 10.9 Å². The Morgan fingerprint density at radius 3 is 2.40 bits per heavy atom. The van der Waals surface area contributed by atoms with Crippen molar-refractivity contribution in [3.63, 3.8) is 0 Å². The predicted octanol–water partition coefficient (Wildman–Crippen LogP) is 9.63. The molecule has 6 nitrogen and oxygen atoms in total. The number of pyridine rings is 1. The van der Waals surface area contributed by atoms with Crippen LogP contribution in [0.2, 0.25) is 20.1 Å². The summed E-state index contributed by atoms with van der Waals surface area (Å²) in [6.45, 7) is 1.02. The highest BCUT2D eigenvalue weighted by Crippen LogP contribution is 2.35. The van der Waals surface area contributed by atoms with Gasteiger partial charge in [-0.1, -0.05) is 64.6 Å². The van der Waals surface area contributed by atoms with E-state index >= 15 is 0 Å². The van der Waals surface area contributed by atoms with Crippen LogP contribution in [0.4, 0.5) is 17.1 Å². The third-order valence-corrected chi connectivity index (χ3v) is 6.76. The SMILES string of the molecule is Clc1cccc(NC(=NCCNc2ccnc3cc(Cl)ccc23)Nc2ccccc2Oc2cc(Cl)ccc2Cl)c1. The lowest BCUT2D eigenvalue weighted by atomic mass is 10.2. The Morgan fingerprint density at radius 2 is 1.52 bits per heavy atom. The summed E-state index contributed by atoms with van der Waals surface area (Å²) in [5, 5.41) is 13.3. The van der Waals surface area contributed by atoms with Gasteiger partial charge in [0.05, 0.1) is 22.8 Å². The number of rotatable bonds is 8. The summed E-state index contributed by atoms with van der Waals surface area (Å²) in [6.07, 6.45) is 1.75. The fraction of sp³-hybridized carbons (Fsp3) is 0.0667. The molecular weight excluding hydrogens is 588 g/mol. The van der Waals surface area contributed by atoms with E-state index in [2.05, 4.69) is 20.9 Å². The minimum atomic E-state index is 0.444. The van der Waals surface area contributed by atoms with Crippen molar-refractivity contribution in [2.75, 3.05) is 29.0 Å². The van der Waals surface area contributed by atoms with Crippen molar-refractivity contribution in [2.45, 2.75) is 0 Å². The molecular formula is C30H23Cl4N5O. The van der Waals surface area contributed by atoms with E-state index in [1.165, 1.54) is 0 Å².